The third kappa shape index (κ3) is 3.89. The lowest BCUT2D eigenvalue weighted by Gasteiger charge is -2.24. The van der Waals surface area contributed by atoms with Crippen LogP contribution in [0.25, 0.3) is 0 Å². The van der Waals surface area contributed by atoms with E-state index in [1.165, 1.54) is 16.9 Å². The zero-order chi connectivity index (χ0) is 17.7. The maximum atomic E-state index is 12.4. The largest absolute Gasteiger partial charge is 0.481 e. The van der Waals surface area contributed by atoms with Crippen molar-refractivity contribution in [3.63, 3.8) is 0 Å². The fraction of sp³-hybridized carbons (Fsp3) is 0.375. The van der Waals surface area contributed by atoms with Crippen LogP contribution in [0.15, 0.2) is 36.8 Å². The van der Waals surface area contributed by atoms with Crippen LogP contribution in [0.3, 0.4) is 0 Å². The Balaban J connectivity index is 1.98. The number of pyridine rings is 1. The predicted molar refractivity (Wildman–Crippen MR) is 88.8 cm³/mol. The fourth-order valence-corrected chi connectivity index (χ4v) is 2.16. The highest BCUT2D eigenvalue weighted by Gasteiger charge is 2.22. The normalized spacial score (nSPS) is 11.7. The molecule has 2 aromatic rings. The van der Waals surface area contributed by atoms with Gasteiger partial charge in [0.25, 0.3) is 0 Å². The highest BCUT2D eigenvalue weighted by Crippen LogP contribution is 2.15. The van der Waals surface area contributed by atoms with Crippen molar-refractivity contribution in [1.82, 2.24) is 19.7 Å². The zero-order valence-corrected chi connectivity index (χ0v) is 14.2. The summed E-state index contributed by atoms with van der Waals surface area (Å²) in [6, 6.07) is 4.69. The number of rotatable bonds is 6. The van der Waals surface area contributed by atoms with Crippen LogP contribution < -0.4 is 9.64 Å². The summed E-state index contributed by atoms with van der Waals surface area (Å²) in [7, 11) is 4.76. The summed E-state index contributed by atoms with van der Waals surface area (Å²) in [6.07, 6.45) is 4.87. The van der Waals surface area contributed by atoms with E-state index in [4.69, 9.17) is 4.74 Å². The number of amides is 2. The molecule has 0 radical (unpaired) electrons. The van der Waals surface area contributed by atoms with Crippen LogP contribution in [0.2, 0.25) is 0 Å². The van der Waals surface area contributed by atoms with Crippen LogP contribution in [0.4, 0.5) is 5.69 Å². The molecule has 0 aliphatic heterocycles. The van der Waals surface area contributed by atoms with E-state index in [0.717, 1.165) is 0 Å². The van der Waals surface area contributed by atoms with Crippen LogP contribution in [-0.2, 0) is 9.59 Å². The topological polar surface area (TPSA) is 80.6 Å². The summed E-state index contributed by atoms with van der Waals surface area (Å²) in [6.45, 7) is 1.71. The van der Waals surface area contributed by atoms with Crippen LogP contribution in [-0.4, -0.2) is 59.2 Å². The number of hydrogen-bond acceptors (Lipinski definition) is 5. The molecule has 0 fully saturated rings. The molecule has 0 aromatic carbocycles. The molecular weight excluding hydrogens is 310 g/mol. The minimum atomic E-state index is -0.467. The van der Waals surface area contributed by atoms with E-state index in [1.54, 1.807) is 62.5 Å². The summed E-state index contributed by atoms with van der Waals surface area (Å²) >= 11 is 0. The molecule has 1 atom stereocenters. The average Bonchev–Trinajstić information content (AvgIpc) is 3.14. The van der Waals surface area contributed by atoms with Crippen LogP contribution in [0.1, 0.15) is 13.0 Å². The molecule has 2 aromatic heterocycles. The molecule has 1 unspecified atom stereocenters. The minimum absolute atomic E-state index is 0.0348. The van der Waals surface area contributed by atoms with Crippen molar-refractivity contribution in [2.75, 3.05) is 32.6 Å². The number of ether oxygens (including phenoxy) is 1. The summed E-state index contributed by atoms with van der Waals surface area (Å²) in [5, 5.41) is 4.05. The Hall–Kier alpha value is -2.90. The molecule has 0 N–H and O–H groups in total. The molecule has 24 heavy (non-hydrogen) atoms. The van der Waals surface area contributed by atoms with Gasteiger partial charge in [-0.15, -0.1) is 0 Å². The van der Waals surface area contributed by atoms with Crippen LogP contribution in [0.5, 0.6) is 5.88 Å². The number of methoxy groups -OCH3 is 1. The molecule has 0 bridgehead atoms. The van der Waals surface area contributed by atoms with Crippen LogP contribution >= 0.6 is 0 Å². The van der Waals surface area contributed by atoms with Gasteiger partial charge in [-0.3, -0.25) is 14.3 Å². The van der Waals surface area contributed by atoms with Gasteiger partial charge in [-0.2, -0.15) is 5.10 Å². The van der Waals surface area contributed by atoms with E-state index in [1.807, 2.05) is 0 Å². The Bertz CT molecular complexity index is 684. The molecule has 2 heterocycles. The number of anilines is 1. The van der Waals surface area contributed by atoms with Gasteiger partial charge in [0.1, 0.15) is 6.04 Å². The molecule has 0 aliphatic carbocycles. The molecule has 8 heteroatoms. The molecule has 0 saturated carbocycles. The zero-order valence-electron chi connectivity index (χ0n) is 14.2. The van der Waals surface area contributed by atoms with Crippen molar-refractivity contribution >= 4 is 17.5 Å². The van der Waals surface area contributed by atoms with Gasteiger partial charge in [-0.25, -0.2) is 4.98 Å². The highest BCUT2D eigenvalue weighted by molar-refractivity contribution is 5.96. The first-order valence-corrected chi connectivity index (χ1v) is 7.44. The third-order valence-corrected chi connectivity index (χ3v) is 3.72. The first-order valence-electron chi connectivity index (χ1n) is 7.44. The van der Waals surface area contributed by atoms with E-state index in [2.05, 4.69) is 10.1 Å². The second-order valence-corrected chi connectivity index (χ2v) is 5.37. The van der Waals surface area contributed by atoms with Gasteiger partial charge in [-0.05, 0) is 19.1 Å². The number of nitrogens with zero attached hydrogens (tertiary/aromatic N) is 5. The molecular formula is C16H21N5O3. The fourth-order valence-electron chi connectivity index (χ4n) is 2.16. The average molecular weight is 331 g/mol. The number of carbonyl (C=O) groups excluding carboxylic acids is 2. The number of aromatic nitrogens is 3. The molecule has 8 nitrogen and oxygen atoms in total. The highest BCUT2D eigenvalue weighted by atomic mass is 16.5. The predicted octanol–water partition coefficient (Wildman–Crippen LogP) is 0.969. The van der Waals surface area contributed by atoms with Crippen molar-refractivity contribution in [1.29, 1.82) is 0 Å². The van der Waals surface area contributed by atoms with Crippen molar-refractivity contribution in [3.05, 3.63) is 36.8 Å². The first-order chi connectivity index (χ1) is 11.4. The van der Waals surface area contributed by atoms with Crippen molar-refractivity contribution in [2.45, 2.75) is 13.0 Å². The second-order valence-electron chi connectivity index (χ2n) is 5.37. The Labute approximate surface area is 140 Å². The summed E-state index contributed by atoms with van der Waals surface area (Å²) in [4.78, 5) is 31.7. The smallest absolute Gasteiger partial charge is 0.247 e. The second kappa shape index (κ2) is 7.58. The van der Waals surface area contributed by atoms with Crippen molar-refractivity contribution < 1.29 is 14.3 Å². The van der Waals surface area contributed by atoms with Gasteiger partial charge in [0.05, 0.1) is 25.5 Å². The minimum Gasteiger partial charge on any atom is -0.481 e. The summed E-state index contributed by atoms with van der Waals surface area (Å²) in [5.41, 5.74) is 0.627. The summed E-state index contributed by atoms with van der Waals surface area (Å²) in [5.74, 6) is 0.0683. The molecule has 2 rings (SSSR count). The van der Waals surface area contributed by atoms with E-state index in [9.17, 15) is 9.59 Å². The molecule has 0 aliphatic rings. The maximum Gasteiger partial charge on any atom is 0.247 e. The standard InChI is InChI=1S/C16H21N5O3/c1-12(21-9-5-8-18-21)16(23)19(2)11-15(22)20(3)13-6-7-14(24-4)17-10-13/h5-10,12H,11H2,1-4H3. The molecule has 0 saturated heterocycles. The van der Waals surface area contributed by atoms with Crippen molar-refractivity contribution in [2.24, 2.45) is 0 Å². The molecule has 0 spiro atoms. The number of carbonyl (C=O) groups is 2. The van der Waals surface area contributed by atoms with E-state index < -0.39 is 6.04 Å². The van der Waals surface area contributed by atoms with Gasteiger partial charge in [0.2, 0.25) is 17.7 Å². The van der Waals surface area contributed by atoms with Gasteiger partial charge in [-0.1, -0.05) is 0 Å². The first kappa shape index (κ1) is 17.5. The number of likely N-dealkylation sites (N-methyl/N-ethyl adjacent to an activating group) is 2. The quantitative estimate of drug-likeness (QED) is 0.788. The molecule has 2 amide bonds. The Kier molecular flexibility index (Phi) is 5.51. The van der Waals surface area contributed by atoms with E-state index in [0.29, 0.717) is 11.6 Å². The Morgan fingerprint density at radius 1 is 1.33 bits per heavy atom. The lowest BCUT2D eigenvalue weighted by atomic mass is 10.3. The molecule has 128 valence electrons. The van der Waals surface area contributed by atoms with Gasteiger partial charge < -0.3 is 14.5 Å². The van der Waals surface area contributed by atoms with Gasteiger partial charge in [0, 0.05) is 32.6 Å². The maximum absolute atomic E-state index is 12.4. The van der Waals surface area contributed by atoms with Crippen molar-refractivity contribution in [3.8, 4) is 5.88 Å². The SMILES string of the molecule is COc1ccc(N(C)C(=O)CN(C)C(=O)C(C)n2cccn2)cn1. The third-order valence-electron chi connectivity index (χ3n) is 3.72. The van der Waals surface area contributed by atoms with Crippen LogP contribution in [0, 0.1) is 0 Å². The lowest BCUT2D eigenvalue weighted by molar-refractivity contribution is -0.136. The van der Waals surface area contributed by atoms with Gasteiger partial charge in [0.15, 0.2) is 0 Å². The van der Waals surface area contributed by atoms with E-state index in [-0.39, 0.29) is 18.4 Å². The lowest BCUT2D eigenvalue weighted by Crippen LogP contribution is -2.41. The monoisotopic (exact) mass is 331 g/mol. The van der Waals surface area contributed by atoms with E-state index >= 15 is 0 Å². The number of hydrogen-bond donors (Lipinski definition) is 0. The van der Waals surface area contributed by atoms with Gasteiger partial charge >= 0.3 is 0 Å². The Morgan fingerprint density at radius 2 is 2.08 bits per heavy atom. The Morgan fingerprint density at radius 3 is 2.62 bits per heavy atom. The summed E-state index contributed by atoms with van der Waals surface area (Å²) < 4.78 is 6.55.